The first kappa shape index (κ1) is 11.2. The summed E-state index contributed by atoms with van der Waals surface area (Å²) >= 11 is 0. The van der Waals surface area contributed by atoms with E-state index in [2.05, 4.69) is 15.3 Å². The number of hydrogen-bond acceptors (Lipinski definition) is 2. The summed E-state index contributed by atoms with van der Waals surface area (Å²) < 4.78 is 0. The Morgan fingerprint density at radius 1 is 1.38 bits per heavy atom. The van der Waals surface area contributed by atoms with E-state index in [0.29, 0.717) is 11.7 Å². The molecule has 1 aromatic rings. The first-order valence-electron chi connectivity index (χ1n) is 6.08. The second-order valence-electron chi connectivity index (χ2n) is 4.54. The molecule has 1 fully saturated rings. The van der Waals surface area contributed by atoms with Gasteiger partial charge in [0.1, 0.15) is 5.69 Å². The molecule has 1 aliphatic carbocycles. The Morgan fingerprint density at radius 3 is 2.62 bits per heavy atom. The van der Waals surface area contributed by atoms with Gasteiger partial charge in [0.25, 0.3) is 5.91 Å². The van der Waals surface area contributed by atoms with Crippen LogP contribution in [-0.2, 0) is 0 Å². The van der Waals surface area contributed by atoms with Gasteiger partial charge in [-0.3, -0.25) is 4.79 Å². The molecule has 0 aromatic carbocycles. The van der Waals surface area contributed by atoms with E-state index in [9.17, 15) is 4.79 Å². The van der Waals surface area contributed by atoms with E-state index in [4.69, 9.17) is 0 Å². The first-order chi connectivity index (χ1) is 7.77. The van der Waals surface area contributed by atoms with E-state index < -0.39 is 0 Å². The smallest absolute Gasteiger partial charge is 0.271 e. The molecule has 4 nitrogen and oxygen atoms in total. The van der Waals surface area contributed by atoms with Crippen LogP contribution in [0.5, 0.6) is 0 Å². The van der Waals surface area contributed by atoms with E-state index in [1.165, 1.54) is 25.7 Å². The molecule has 0 aliphatic heterocycles. The molecule has 0 atom stereocenters. The fourth-order valence-corrected chi connectivity index (χ4v) is 2.27. The van der Waals surface area contributed by atoms with Crippen LogP contribution in [0, 0.1) is 6.92 Å². The number of rotatable bonds is 2. The fraction of sp³-hybridized carbons (Fsp3) is 0.667. The molecule has 16 heavy (non-hydrogen) atoms. The first-order valence-corrected chi connectivity index (χ1v) is 6.08. The van der Waals surface area contributed by atoms with Gasteiger partial charge >= 0.3 is 0 Å². The molecule has 2 N–H and O–H groups in total. The monoisotopic (exact) mass is 221 g/mol. The van der Waals surface area contributed by atoms with Gasteiger partial charge in [0.2, 0.25) is 0 Å². The van der Waals surface area contributed by atoms with Crippen molar-refractivity contribution in [3.05, 3.63) is 17.7 Å². The zero-order valence-corrected chi connectivity index (χ0v) is 9.75. The van der Waals surface area contributed by atoms with Gasteiger partial charge < -0.3 is 10.3 Å². The van der Waals surface area contributed by atoms with Gasteiger partial charge in [0.15, 0.2) is 0 Å². The minimum absolute atomic E-state index is 0.0364. The molecule has 1 saturated carbocycles. The lowest BCUT2D eigenvalue weighted by molar-refractivity contribution is 0.0928. The van der Waals surface area contributed by atoms with Gasteiger partial charge in [-0.25, -0.2) is 4.98 Å². The Kier molecular flexibility index (Phi) is 3.59. The van der Waals surface area contributed by atoms with E-state index in [1.54, 1.807) is 6.33 Å². The number of carbonyl (C=O) groups is 1. The molecule has 0 unspecified atom stereocenters. The minimum Gasteiger partial charge on any atom is -0.348 e. The van der Waals surface area contributed by atoms with Crippen molar-refractivity contribution >= 4 is 5.91 Å². The highest BCUT2D eigenvalue weighted by Gasteiger charge is 2.17. The van der Waals surface area contributed by atoms with Crippen LogP contribution in [-0.4, -0.2) is 21.9 Å². The average Bonchev–Trinajstić information content (AvgIpc) is 2.53. The molecule has 0 bridgehead atoms. The molecular formula is C12H19N3O. The topological polar surface area (TPSA) is 57.8 Å². The molecule has 1 heterocycles. The van der Waals surface area contributed by atoms with Crippen LogP contribution in [0.25, 0.3) is 0 Å². The normalized spacial score (nSPS) is 18.1. The van der Waals surface area contributed by atoms with E-state index in [0.717, 1.165) is 18.5 Å². The number of nitrogens with one attached hydrogen (secondary N) is 2. The van der Waals surface area contributed by atoms with Crippen LogP contribution in [0.3, 0.4) is 0 Å². The van der Waals surface area contributed by atoms with Crippen molar-refractivity contribution in [1.82, 2.24) is 15.3 Å². The van der Waals surface area contributed by atoms with Crippen LogP contribution in [0.1, 0.15) is 54.7 Å². The largest absolute Gasteiger partial charge is 0.348 e. The van der Waals surface area contributed by atoms with Crippen LogP contribution >= 0.6 is 0 Å². The average molecular weight is 221 g/mol. The summed E-state index contributed by atoms with van der Waals surface area (Å²) in [7, 11) is 0. The van der Waals surface area contributed by atoms with Crippen LogP contribution in [0.2, 0.25) is 0 Å². The number of aromatic nitrogens is 2. The molecule has 4 heteroatoms. The number of aryl methyl sites for hydroxylation is 1. The number of amides is 1. The lowest BCUT2D eigenvalue weighted by Gasteiger charge is -2.15. The van der Waals surface area contributed by atoms with E-state index >= 15 is 0 Å². The van der Waals surface area contributed by atoms with Gasteiger partial charge in [-0.2, -0.15) is 0 Å². The summed E-state index contributed by atoms with van der Waals surface area (Å²) in [5, 5.41) is 3.08. The molecule has 2 rings (SSSR count). The quantitative estimate of drug-likeness (QED) is 0.752. The van der Waals surface area contributed by atoms with Crippen molar-refractivity contribution in [3.63, 3.8) is 0 Å². The molecule has 0 saturated heterocycles. The predicted molar refractivity (Wildman–Crippen MR) is 62.3 cm³/mol. The standard InChI is InChI=1S/C12H19N3O/c1-9-11(14-8-13-9)12(16)15-10-6-4-2-3-5-7-10/h8,10H,2-7H2,1H3,(H,13,14)(H,15,16). The minimum atomic E-state index is -0.0364. The summed E-state index contributed by atoms with van der Waals surface area (Å²) in [5.74, 6) is -0.0364. The summed E-state index contributed by atoms with van der Waals surface area (Å²) in [6.45, 7) is 1.87. The van der Waals surface area contributed by atoms with Crippen molar-refractivity contribution in [3.8, 4) is 0 Å². The molecule has 1 aromatic heterocycles. The van der Waals surface area contributed by atoms with Crippen molar-refractivity contribution in [2.24, 2.45) is 0 Å². The number of imidazole rings is 1. The maximum atomic E-state index is 11.9. The highest BCUT2D eigenvalue weighted by Crippen LogP contribution is 2.17. The summed E-state index contributed by atoms with van der Waals surface area (Å²) in [5.41, 5.74) is 1.37. The van der Waals surface area contributed by atoms with Crippen molar-refractivity contribution < 1.29 is 4.79 Å². The molecule has 88 valence electrons. The van der Waals surface area contributed by atoms with E-state index in [1.807, 2.05) is 6.92 Å². The highest BCUT2D eigenvalue weighted by molar-refractivity contribution is 5.93. The van der Waals surface area contributed by atoms with Gasteiger partial charge in [0, 0.05) is 11.7 Å². The van der Waals surface area contributed by atoms with Crippen LogP contribution in [0.4, 0.5) is 0 Å². The fourth-order valence-electron chi connectivity index (χ4n) is 2.27. The van der Waals surface area contributed by atoms with Gasteiger partial charge in [-0.15, -0.1) is 0 Å². The third-order valence-corrected chi connectivity index (χ3v) is 3.24. The second kappa shape index (κ2) is 5.14. The molecule has 0 radical (unpaired) electrons. The van der Waals surface area contributed by atoms with Gasteiger partial charge in [-0.05, 0) is 19.8 Å². The van der Waals surface area contributed by atoms with Crippen molar-refractivity contribution in [2.45, 2.75) is 51.5 Å². The number of hydrogen-bond donors (Lipinski definition) is 2. The van der Waals surface area contributed by atoms with Crippen molar-refractivity contribution in [2.75, 3.05) is 0 Å². The number of aromatic amines is 1. The second-order valence-corrected chi connectivity index (χ2v) is 4.54. The predicted octanol–water partition coefficient (Wildman–Crippen LogP) is 2.17. The Labute approximate surface area is 95.9 Å². The number of carbonyl (C=O) groups excluding carboxylic acids is 1. The zero-order chi connectivity index (χ0) is 11.4. The van der Waals surface area contributed by atoms with Crippen LogP contribution < -0.4 is 5.32 Å². The summed E-state index contributed by atoms with van der Waals surface area (Å²) in [6.07, 6.45) is 8.83. The third kappa shape index (κ3) is 2.62. The maximum absolute atomic E-state index is 11.9. The number of nitrogens with zero attached hydrogens (tertiary/aromatic N) is 1. The summed E-state index contributed by atoms with van der Waals surface area (Å²) in [6, 6.07) is 0.339. The lowest BCUT2D eigenvalue weighted by atomic mass is 10.1. The highest BCUT2D eigenvalue weighted by atomic mass is 16.2. The Bertz CT molecular complexity index is 351. The Balaban J connectivity index is 1.93. The third-order valence-electron chi connectivity index (χ3n) is 3.24. The van der Waals surface area contributed by atoms with E-state index in [-0.39, 0.29) is 5.91 Å². The van der Waals surface area contributed by atoms with Crippen LogP contribution in [0.15, 0.2) is 6.33 Å². The Morgan fingerprint density at radius 2 is 2.06 bits per heavy atom. The Hall–Kier alpha value is -1.32. The van der Waals surface area contributed by atoms with Gasteiger partial charge in [-0.1, -0.05) is 25.7 Å². The summed E-state index contributed by atoms with van der Waals surface area (Å²) in [4.78, 5) is 18.9. The maximum Gasteiger partial charge on any atom is 0.271 e. The lowest BCUT2D eigenvalue weighted by Crippen LogP contribution is -2.34. The molecule has 1 amide bonds. The van der Waals surface area contributed by atoms with Gasteiger partial charge in [0.05, 0.1) is 6.33 Å². The molecule has 0 spiro atoms. The van der Waals surface area contributed by atoms with Crippen molar-refractivity contribution in [1.29, 1.82) is 0 Å². The molecule has 1 aliphatic rings. The zero-order valence-electron chi connectivity index (χ0n) is 9.75. The number of H-pyrrole nitrogens is 1. The molecular weight excluding hydrogens is 202 g/mol. The SMILES string of the molecule is Cc1[nH]cnc1C(=O)NC1CCCCCC1.